The normalized spacial score (nSPS) is 10.2. The predicted molar refractivity (Wildman–Crippen MR) is 76.5 cm³/mol. The average molecular weight is 274 g/mol. The number of benzene rings is 2. The fourth-order valence-electron chi connectivity index (χ4n) is 1.84. The summed E-state index contributed by atoms with van der Waals surface area (Å²) in [6.07, 6.45) is 0. The number of anilines is 2. The van der Waals surface area contributed by atoms with Crippen molar-refractivity contribution >= 4 is 17.3 Å². The summed E-state index contributed by atoms with van der Waals surface area (Å²) >= 11 is 0. The molecule has 0 aliphatic rings. The Bertz CT molecular complexity index is 656. The van der Waals surface area contributed by atoms with Gasteiger partial charge >= 0.3 is 0 Å². The zero-order valence-electron chi connectivity index (χ0n) is 11.2. The van der Waals surface area contributed by atoms with Crippen LogP contribution in [0.4, 0.5) is 15.8 Å². The van der Waals surface area contributed by atoms with Gasteiger partial charge < -0.3 is 15.8 Å². The molecule has 1 amide bonds. The number of carbonyl (C=O) groups is 1. The third-order valence-electron chi connectivity index (χ3n) is 2.95. The van der Waals surface area contributed by atoms with Gasteiger partial charge in [-0.15, -0.1) is 0 Å². The van der Waals surface area contributed by atoms with Crippen LogP contribution in [0, 0.1) is 12.7 Å². The second-order valence-corrected chi connectivity index (χ2v) is 4.34. The summed E-state index contributed by atoms with van der Waals surface area (Å²) in [4.78, 5) is 12.1. The molecule has 2 aromatic rings. The molecule has 0 aromatic heterocycles. The Kier molecular flexibility index (Phi) is 3.89. The van der Waals surface area contributed by atoms with Crippen molar-refractivity contribution < 1.29 is 13.9 Å². The Morgan fingerprint density at radius 3 is 2.70 bits per heavy atom. The molecule has 20 heavy (non-hydrogen) atoms. The Labute approximate surface area is 116 Å². The first-order valence-corrected chi connectivity index (χ1v) is 6.03. The summed E-state index contributed by atoms with van der Waals surface area (Å²) in [7, 11) is 1.39. The first kappa shape index (κ1) is 13.9. The lowest BCUT2D eigenvalue weighted by atomic mass is 10.1. The van der Waals surface area contributed by atoms with Crippen LogP contribution in [0.5, 0.6) is 5.75 Å². The minimum Gasteiger partial charge on any atom is -0.496 e. The van der Waals surface area contributed by atoms with Crippen LogP contribution in [0.25, 0.3) is 0 Å². The number of aryl methyl sites for hydroxylation is 1. The zero-order valence-corrected chi connectivity index (χ0v) is 11.2. The van der Waals surface area contributed by atoms with Crippen molar-refractivity contribution in [3.63, 3.8) is 0 Å². The van der Waals surface area contributed by atoms with E-state index in [0.717, 1.165) is 5.56 Å². The van der Waals surface area contributed by atoms with E-state index >= 15 is 0 Å². The van der Waals surface area contributed by atoms with E-state index in [0.29, 0.717) is 11.4 Å². The number of halogens is 1. The molecule has 0 fully saturated rings. The highest BCUT2D eigenvalue weighted by Gasteiger charge is 2.17. The molecule has 5 heteroatoms. The molecule has 0 saturated carbocycles. The molecule has 0 saturated heterocycles. The molecule has 4 nitrogen and oxygen atoms in total. The summed E-state index contributed by atoms with van der Waals surface area (Å²) < 4.78 is 18.8. The third-order valence-corrected chi connectivity index (χ3v) is 2.95. The molecule has 2 rings (SSSR count). The number of nitrogens with two attached hydrogens (primary N) is 1. The largest absolute Gasteiger partial charge is 0.496 e. The van der Waals surface area contributed by atoms with Crippen molar-refractivity contribution in [2.75, 3.05) is 18.2 Å². The van der Waals surface area contributed by atoms with Crippen molar-refractivity contribution in [2.45, 2.75) is 6.92 Å². The molecular weight excluding hydrogens is 259 g/mol. The summed E-state index contributed by atoms with van der Waals surface area (Å²) in [5.41, 5.74) is 7.60. The molecule has 0 bridgehead atoms. The molecule has 0 aliphatic carbocycles. The van der Waals surface area contributed by atoms with Crippen molar-refractivity contribution in [1.82, 2.24) is 0 Å². The number of nitrogens with one attached hydrogen (secondary N) is 1. The van der Waals surface area contributed by atoms with Gasteiger partial charge in [0.2, 0.25) is 0 Å². The maximum atomic E-state index is 13.8. The highest BCUT2D eigenvalue weighted by molar-refractivity contribution is 6.06. The zero-order chi connectivity index (χ0) is 14.7. The summed E-state index contributed by atoms with van der Waals surface area (Å²) in [5.74, 6) is -1.01. The average Bonchev–Trinajstić information content (AvgIpc) is 2.42. The van der Waals surface area contributed by atoms with Crippen LogP contribution < -0.4 is 15.8 Å². The van der Waals surface area contributed by atoms with Crippen molar-refractivity contribution in [2.24, 2.45) is 0 Å². The SMILES string of the molecule is COc1cccc(F)c1C(=O)Nc1ccc(N)c(C)c1. The van der Waals surface area contributed by atoms with Crippen LogP contribution in [0.2, 0.25) is 0 Å². The molecule has 104 valence electrons. The van der Waals surface area contributed by atoms with E-state index in [2.05, 4.69) is 5.32 Å². The Morgan fingerprint density at radius 2 is 2.05 bits per heavy atom. The molecule has 0 heterocycles. The third kappa shape index (κ3) is 2.71. The molecule has 0 atom stereocenters. The quantitative estimate of drug-likeness (QED) is 0.846. The number of carbonyl (C=O) groups excluding carboxylic acids is 1. The van der Waals surface area contributed by atoms with Gasteiger partial charge in [-0.05, 0) is 42.8 Å². The van der Waals surface area contributed by atoms with E-state index in [-0.39, 0.29) is 11.3 Å². The van der Waals surface area contributed by atoms with Crippen LogP contribution in [-0.2, 0) is 0 Å². The number of nitrogen functional groups attached to an aromatic ring is 1. The molecule has 2 aromatic carbocycles. The minimum atomic E-state index is -0.631. The van der Waals surface area contributed by atoms with Crippen molar-refractivity contribution in [1.29, 1.82) is 0 Å². The van der Waals surface area contributed by atoms with Gasteiger partial charge in [-0.2, -0.15) is 0 Å². The number of hydrogen-bond acceptors (Lipinski definition) is 3. The Balaban J connectivity index is 2.30. The van der Waals surface area contributed by atoms with Gasteiger partial charge in [0.05, 0.1) is 7.11 Å². The molecule has 3 N–H and O–H groups in total. The highest BCUT2D eigenvalue weighted by atomic mass is 19.1. The maximum Gasteiger partial charge on any atom is 0.262 e. The van der Waals surface area contributed by atoms with Gasteiger partial charge in [0.1, 0.15) is 17.1 Å². The van der Waals surface area contributed by atoms with Crippen molar-refractivity contribution in [3.05, 3.63) is 53.3 Å². The number of methoxy groups -OCH3 is 1. The Morgan fingerprint density at radius 1 is 1.30 bits per heavy atom. The van der Waals surface area contributed by atoms with Gasteiger partial charge in [0.25, 0.3) is 5.91 Å². The topological polar surface area (TPSA) is 64.3 Å². The summed E-state index contributed by atoms with van der Waals surface area (Å²) in [6.45, 7) is 1.83. The van der Waals surface area contributed by atoms with E-state index < -0.39 is 11.7 Å². The minimum absolute atomic E-state index is 0.121. The number of hydrogen-bond donors (Lipinski definition) is 2. The van der Waals surface area contributed by atoms with E-state index in [1.165, 1.54) is 25.3 Å². The van der Waals surface area contributed by atoms with Gasteiger partial charge in [0, 0.05) is 11.4 Å². The first-order valence-electron chi connectivity index (χ1n) is 6.03. The second kappa shape index (κ2) is 5.61. The van der Waals surface area contributed by atoms with Gasteiger partial charge in [-0.3, -0.25) is 4.79 Å². The number of rotatable bonds is 3. The van der Waals surface area contributed by atoms with Crippen LogP contribution in [0.3, 0.4) is 0 Å². The van der Waals surface area contributed by atoms with Crippen LogP contribution in [0.1, 0.15) is 15.9 Å². The van der Waals surface area contributed by atoms with Crippen LogP contribution in [-0.4, -0.2) is 13.0 Å². The molecular formula is C15H15FN2O2. The van der Waals surface area contributed by atoms with E-state index in [1.54, 1.807) is 18.2 Å². The fraction of sp³-hybridized carbons (Fsp3) is 0.133. The smallest absolute Gasteiger partial charge is 0.262 e. The lowest BCUT2D eigenvalue weighted by Gasteiger charge is -2.11. The summed E-state index contributed by atoms with van der Waals surface area (Å²) in [5, 5.41) is 2.63. The lowest BCUT2D eigenvalue weighted by Crippen LogP contribution is -2.15. The van der Waals surface area contributed by atoms with Crippen LogP contribution >= 0.6 is 0 Å². The fourth-order valence-corrected chi connectivity index (χ4v) is 1.84. The summed E-state index contributed by atoms with van der Waals surface area (Å²) in [6, 6.07) is 9.30. The van der Waals surface area contributed by atoms with E-state index in [4.69, 9.17) is 10.5 Å². The Hall–Kier alpha value is -2.56. The molecule has 0 radical (unpaired) electrons. The van der Waals surface area contributed by atoms with E-state index in [1.807, 2.05) is 6.92 Å². The second-order valence-electron chi connectivity index (χ2n) is 4.34. The lowest BCUT2D eigenvalue weighted by molar-refractivity contribution is 0.102. The maximum absolute atomic E-state index is 13.8. The predicted octanol–water partition coefficient (Wildman–Crippen LogP) is 2.98. The number of ether oxygens (including phenoxy) is 1. The highest BCUT2D eigenvalue weighted by Crippen LogP contribution is 2.23. The van der Waals surface area contributed by atoms with Crippen molar-refractivity contribution in [3.8, 4) is 5.75 Å². The molecule has 0 unspecified atom stereocenters. The van der Waals surface area contributed by atoms with Gasteiger partial charge in [-0.1, -0.05) is 6.07 Å². The van der Waals surface area contributed by atoms with E-state index in [9.17, 15) is 9.18 Å². The molecule has 0 spiro atoms. The number of amides is 1. The monoisotopic (exact) mass is 274 g/mol. The molecule has 0 aliphatic heterocycles. The standard InChI is InChI=1S/C15H15FN2O2/c1-9-8-10(6-7-12(9)17)18-15(19)14-11(16)4-3-5-13(14)20-2/h3-8H,17H2,1-2H3,(H,18,19). The first-order chi connectivity index (χ1) is 9.52. The van der Waals surface area contributed by atoms with Crippen LogP contribution in [0.15, 0.2) is 36.4 Å². The van der Waals surface area contributed by atoms with Gasteiger partial charge in [0.15, 0.2) is 0 Å². The van der Waals surface area contributed by atoms with Gasteiger partial charge in [-0.25, -0.2) is 4.39 Å².